The molecule has 0 saturated carbocycles. The molecule has 0 aliphatic carbocycles. The molecule has 0 N–H and O–H groups in total. The Balaban J connectivity index is 2.76. The van der Waals surface area contributed by atoms with Crippen molar-refractivity contribution in [3.8, 4) is 5.75 Å². The van der Waals surface area contributed by atoms with Crippen molar-refractivity contribution in [2.45, 2.75) is 5.88 Å². The summed E-state index contributed by atoms with van der Waals surface area (Å²) in [6, 6.07) is 3.60. The zero-order chi connectivity index (χ0) is 10.1. The lowest BCUT2D eigenvalue weighted by Gasteiger charge is -2.03. The van der Waals surface area contributed by atoms with Crippen LogP contribution in [0.2, 0.25) is 0 Å². The zero-order valence-corrected chi connectivity index (χ0v) is 9.08. The first-order valence-electron chi connectivity index (χ1n) is 4.06. The van der Waals surface area contributed by atoms with Gasteiger partial charge in [0.15, 0.2) is 0 Å². The number of halogens is 2. The number of benzene rings is 1. The third-order valence-corrected chi connectivity index (χ3v) is 3.32. The van der Waals surface area contributed by atoms with Gasteiger partial charge in [-0.05, 0) is 17.7 Å². The molecule has 74 valence electrons. The maximum absolute atomic E-state index is 13.3. The van der Waals surface area contributed by atoms with Gasteiger partial charge in [-0.3, -0.25) is 0 Å². The van der Waals surface area contributed by atoms with E-state index >= 15 is 0 Å². The summed E-state index contributed by atoms with van der Waals surface area (Å²) in [4.78, 5) is 0. The van der Waals surface area contributed by atoms with Gasteiger partial charge in [-0.25, -0.2) is 4.39 Å². The molecule has 2 rings (SSSR count). The Hall–Kier alpha value is -0.800. The van der Waals surface area contributed by atoms with Crippen molar-refractivity contribution in [2.75, 3.05) is 7.11 Å². The lowest BCUT2D eigenvalue weighted by atomic mass is 10.2. The molecule has 0 spiro atoms. The Morgan fingerprint density at radius 3 is 2.93 bits per heavy atom. The van der Waals surface area contributed by atoms with E-state index in [4.69, 9.17) is 16.3 Å². The van der Waals surface area contributed by atoms with E-state index in [1.807, 2.05) is 6.07 Å². The molecule has 0 aliphatic rings. The van der Waals surface area contributed by atoms with Crippen LogP contribution in [0.25, 0.3) is 10.1 Å². The van der Waals surface area contributed by atoms with Gasteiger partial charge in [-0.15, -0.1) is 22.9 Å². The molecule has 0 radical (unpaired) electrons. The summed E-state index contributed by atoms with van der Waals surface area (Å²) in [5, 5.41) is 2.07. The number of hydrogen-bond acceptors (Lipinski definition) is 2. The van der Waals surface area contributed by atoms with Crippen LogP contribution in [0.4, 0.5) is 4.39 Å². The number of thiophene rings is 1. The second-order valence-corrected chi connectivity index (χ2v) is 4.04. The fourth-order valence-electron chi connectivity index (χ4n) is 1.36. The Morgan fingerprint density at radius 1 is 1.50 bits per heavy atom. The van der Waals surface area contributed by atoms with Crippen molar-refractivity contribution in [1.29, 1.82) is 0 Å². The molecule has 0 amide bonds. The number of ether oxygens (including phenoxy) is 1. The first-order chi connectivity index (χ1) is 6.76. The Morgan fingerprint density at radius 2 is 2.29 bits per heavy atom. The molecule has 1 aromatic heterocycles. The molecule has 0 bridgehead atoms. The highest BCUT2D eigenvalue weighted by Crippen LogP contribution is 2.34. The van der Waals surface area contributed by atoms with Crippen molar-refractivity contribution >= 4 is 33.0 Å². The minimum Gasteiger partial charge on any atom is -0.495 e. The Labute approximate surface area is 90.1 Å². The van der Waals surface area contributed by atoms with Gasteiger partial charge in [0, 0.05) is 16.6 Å². The number of fused-ring (bicyclic) bond motifs is 1. The summed E-state index contributed by atoms with van der Waals surface area (Å²) in [7, 11) is 1.57. The fourth-order valence-corrected chi connectivity index (χ4v) is 2.41. The summed E-state index contributed by atoms with van der Waals surface area (Å²) in [5.41, 5.74) is 0.869. The monoisotopic (exact) mass is 230 g/mol. The highest BCUT2D eigenvalue weighted by Gasteiger charge is 2.09. The molecular weight excluding hydrogens is 223 g/mol. The molecule has 14 heavy (non-hydrogen) atoms. The predicted molar refractivity (Wildman–Crippen MR) is 57.9 cm³/mol. The number of methoxy groups -OCH3 is 1. The van der Waals surface area contributed by atoms with Gasteiger partial charge in [0.05, 0.1) is 11.8 Å². The summed E-state index contributed by atoms with van der Waals surface area (Å²) in [5.74, 6) is 0.837. The van der Waals surface area contributed by atoms with Gasteiger partial charge < -0.3 is 4.74 Å². The third kappa shape index (κ3) is 1.47. The van der Waals surface area contributed by atoms with Gasteiger partial charge in [-0.2, -0.15) is 0 Å². The Bertz CT molecular complexity index is 466. The van der Waals surface area contributed by atoms with Crippen LogP contribution in [-0.4, -0.2) is 7.11 Å². The van der Waals surface area contributed by atoms with Crippen molar-refractivity contribution in [2.24, 2.45) is 0 Å². The van der Waals surface area contributed by atoms with E-state index in [9.17, 15) is 4.39 Å². The molecule has 4 heteroatoms. The summed E-state index contributed by atoms with van der Waals surface area (Å²) in [6.45, 7) is 0. The van der Waals surface area contributed by atoms with E-state index in [0.717, 1.165) is 10.3 Å². The first-order valence-corrected chi connectivity index (χ1v) is 5.47. The largest absolute Gasteiger partial charge is 0.495 e. The van der Waals surface area contributed by atoms with Crippen LogP contribution in [0.15, 0.2) is 17.5 Å². The van der Waals surface area contributed by atoms with E-state index in [2.05, 4.69) is 0 Å². The molecule has 0 fully saturated rings. The summed E-state index contributed by atoms with van der Waals surface area (Å²) in [6.07, 6.45) is 0. The quantitative estimate of drug-likeness (QED) is 0.714. The normalized spacial score (nSPS) is 10.8. The topological polar surface area (TPSA) is 9.23 Å². The van der Waals surface area contributed by atoms with Crippen LogP contribution < -0.4 is 4.74 Å². The van der Waals surface area contributed by atoms with Crippen molar-refractivity contribution in [3.05, 3.63) is 28.9 Å². The maximum Gasteiger partial charge on any atom is 0.141 e. The summed E-state index contributed by atoms with van der Waals surface area (Å²) < 4.78 is 19.3. The van der Waals surface area contributed by atoms with E-state index in [1.54, 1.807) is 13.2 Å². The molecule has 1 nitrogen and oxygen atoms in total. The third-order valence-electron chi connectivity index (χ3n) is 2.03. The molecule has 1 heterocycles. The van der Waals surface area contributed by atoms with Crippen molar-refractivity contribution in [1.82, 2.24) is 0 Å². The lowest BCUT2D eigenvalue weighted by molar-refractivity contribution is 0.420. The standard InChI is InChI=1S/C10H8ClFOS/c1-13-9-3-6(4-11)2-7-8(12)5-14-10(7)9/h2-3,5H,4H2,1H3. The average molecular weight is 231 g/mol. The van der Waals surface area contributed by atoms with Crippen LogP contribution in [-0.2, 0) is 5.88 Å². The van der Waals surface area contributed by atoms with Gasteiger partial charge in [0.1, 0.15) is 11.6 Å². The molecule has 2 aromatic rings. The second-order valence-electron chi connectivity index (χ2n) is 2.89. The van der Waals surface area contributed by atoms with Crippen LogP contribution in [0.3, 0.4) is 0 Å². The molecular formula is C10H8ClFOS. The molecule has 1 aromatic carbocycles. The SMILES string of the molecule is COc1cc(CCl)cc2c(F)csc12. The number of alkyl halides is 1. The van der Waals surface area contributed by atoms with Crippen LogP contribution in [0, 0.1) is 5.82 Å². The van der Waals surface area contributed by atoms with Crippen molar-refractivity contribution in [3.63, 3.8) is 0 Å². The summed E-state index contributed by atoms with van der Waals surface area (Å²) >= 11 is 7.04. The zero-order valence-electron chi connectivity index (χ0n) is 7.51. The highest BCUT2D eigenvalue weighted by atomic mass is 35.5. The molecule has 0 unspecified atom stereocenters. The first kappa shape index (κ1) is 9.74. The predicted octanol–water partition coefficient (Wildman–Crippen LogP) is 3.79. The maximum atomic E-state index is 13.3. The fraction of sp³-hybridized carbons (Fsp3) is 0.200. The van der Waals surface area contributed by atoms with Crippen LogP contribution in [0.1, 0.15) is 5.56 Å². The number of hydrogen-bond donors (Lipinski definition) is 0. The van der Waals surface area contributed by atoms with Gasteiger partial charge in [-0.1, -0.05) is 0 Å². The Kier molecular flexibility index (Phi) is 2.61. The highest BCUT2D eigenvalue weighted by molar-refractivity contribution is 7.17. The second kappa shape index (κ2) is 3.75. The van der Waals surface area contributed by atoms with E-state index in [-0.39, 0.29) is 5.82 Å². The van der Waals surface area contributed by atoms with Crippen LogP contribution in [0.5, 0.6) is 5.75 Å². The minimum atomic E-state index is -0.213. The van der Waals surface area contributed by atoms with E-state index in [1.165, 1.54) is 16.7 Å². The van der Waals surface area contributed by atoms with Gasteiger partial charge in [0.2, 0.25) is 0 Å². The average Bonchev–Trinajstić information content (AvgIpc) is 2.59. The molecule has 0 aliphatic heterocycles. The van der Waals surface area contributed by atoms with Gasteiger partial charge >= 0.3 is 0 Å². The lowest BCUT2D eigenvalue weighted by Crippen LogP contribution is -1.86. The number of rotatable bonds is 2. The smallest absolute Gasteiger partial charge is 0.141 e. The van der Waals surface area contributed by atoms with E-state index < -0.39 is 0 Å². The van der Waals surface area contributed by atoms with Crippen molar-refractivity contribution < 1.29 is 9.13 Å². The molecule has 0 atom stereocenters. The minimum absolute atomic E-state index is 0.213. The van der Waals surface area contributed by atoms with Gasteiger partial charge in [0.25, 0.3) is 0 Å². The van der Waals surface area contributed by atoms with Crippen LogP contribution >= 0.6 is 22.9 Å². The molecule has 0 saturated heterocycles. The van der Waals surface area contributed by atoms with E-state index in [0.29, 0.717) is 17.0 Å².